The number of nitrogen functional groups attached to an aromatic ring is 1. The fourth-order valence-electron chi connectivity index (χ4n) is 2.29. The van der Waals surface area contributed by atoms with Crippen LogP contribution >= 0.6 is 11.3 Å². The van der Waals surface area contributed by atoms with E-state index in [0.29, 0.717) is 6.04 Å². The lowest BCUT2D eigenvalue weighted by Gasteiger charge is -2.23. The van der Waals surface area contributed by atoms with E-state index in [1.165, 1.54) is 6.42 Å². The van der Waals surface area contributed by atoms with Gasteiger partial charge < -0.3 is 11.1 Å². The van der Waals surface area contributed by atoms with Crippen molar-refractivity contribution in [1.29, 1.82) is 0 Å². The molecule has 1 aliphatic rings. The smallest absolute Gasteiger partial charge is 0.122 e. The minimum atomic E-state index is 0.399. The zero-order chi connectivity index (χ0) is 11.7. The van der Waals surface area contributed by atoms with Crippen molar-refractivity contribution in [3.8, 4) is 11.3 Å². The number of anilines is 1. The Labute approximate surface area is 104 Å². The van der Waals surface area contributed by atoms with E-state index in [2.05, 4.69) is 27.2 Å². The van der Waals surface area contributed by atoms with E-state index in [-0.39, 0.29) is 0 Å². The summed E-state index contributed by atoms with van der Waals surface area (Å²) in [5.74, 6) is 0.764. The summed E-state index contributed by atoms with van der Waals surface area (Å²) in [5, 5.41) is 12.2. The van der Waals surface area contributed by atoms with Crippen molar-refractivity contribution in [3.05, 3.63) is 22.9 Å². The normalized spacial score (nSPS) is 20.6. The zero-order valence-corrected chi connectivity index (χ0v) is 10.4. The quantitative estimate of drug-likeness (QED) is 0.856. The number of hydrogen-bond donors (Lipinski definition) is 2. The Kier molecular flexibility index (Phi) is 2.86. The number of thiophene rings is 1. The van der Waals surface area contributed by atoms with Crippen LogP contribution in [-0.2, 0) is 0 Å². The molecule has 3 rings (SSSR count). The molecule has 4 nitrogen and oxygen atoms in total. The number of piperidine rings is 1. The molecule has 0 spiro atoms. The number of aromatic nitrogens is 2. The molecular formula is C12H16N4S. The highest BCUT2D eigenvalue weighted by atomic mass is 32.1. The molecule has 1 saturated heterocycles. The number of nitrogens with one attached hydrogen (secondary N) is 1. The Morgan fingerprint density at radius 2 is 2.47 bits per heavy atom. The Balaban J connectivity index is 1.90. The van der Waals surface area contributed by atoms with Gasteiger partial charge in [0.1, 0.15) is 5.82 Å². The molecule has 0 radical (unpaired) electrons. The van der Waals surface area contributed by atoms with E-state index in [0.717, 1.165) is 36.6 Å². The molecule has 0 bridgehead atoms. The topological polar surface area (TPSA) is 55.9 Å². The second-order valence-corrected chi connectivity index (χ2v) is 5.19. The molecule has 2 aromatic rings. The van der Waals surface area contributed by atoms with Gasteiger partial charge in [-0.15, -0.1) is 0 Å². The highest BCUT2D eigenvalue weighted by Gasteiger charge is 2.18. The fraction of sp³-hybridized carbons (Fsp3) is 0.417. The minimum absolute atomic E-state index is 0.399. The summed E-state index contributed by atoms with van der Waals surface area (Å²) >= 11 is 1.68. The third-order valence-electron chi connectivity index (χ3n) is 3.20. The molecule has 1 fully saturated rings. The highest BCUT2D eigenvalue weighted by molar-refractivity contribution is 7.08. The van der Waals surface area contributed by atoms with E-state index in [9.17, 15) is 0 Å². The molecule has 17 heavy (non-hydrogen) atoms. The van der Waals surface area contributed by atoms with Crippen molar-refractivity contribution in [1.82, 2.24) is 15.1 Å². The van der Waals surface area contributed by atoms with Gasteiger partial charge in [0.15, 0.2) is 0 Å². The van der Waals surface area contributed by atoms with E-state index in [4.69, 9.17) is 5.73 Å². The summed E-state index contributed by atoms with van der Waals surface area (Å²) in [6.45, 7) is 2.07. The maximum Gasteiger partial charge on any atom is 0.122 e. The molecular weight excluding hydrogens is 232 g/mol. The van der Waals surface area contributed by atoms with E-state index in [1.54, 1.807) is 11.3 Å². The van der Waals surface area contributed by atoms with Gasteiger partial charge in [0.2, 0.25) is 0 Å². The van der Waals surface area contributed by atoms with Gasteiger partial charge >= 0.3 is 0 Å². The van der Waals surface area contributed by atoms with E-state index in [1.807, 2.05) is 10.7 Å². The molecule has 0 saturated carbocycles. The summed E-state index contributed by atoms with van der Waals surface area (Å²) in [6, 6.07) is 4.45. The number of nitrogens with two attached hydrogens (primary N) is 1. The van der Waals surface area contributed by atoms with Crippen molar-refractivity contribution < 1.29 is 0 Å². The molecule has 90 valence electrons. The molecule has 2 aromatic heterocycles. The predicted molar refractivity (Wildman–Crippen MR) is 71.1 cm³/mol. The number of rotatable bonds is 2. The van der Waals surface area contributed by atoms with Crippen LogP contribution in [0.25, 0.3) is 11.3 Å². The summed E-state index contributed by atoms with van der Waals surface area (Å²) in [6.07, 6.45) is 2.35. The van der Waals surface area contributed by atoms with Gasteiger partial charge in [0.05, 0.1) is 11.7 Å². The lowest BCUT2D eigenvalue weighted by atomic mass is 10.1. The second kappa shape index (κ2) is 4.50. The largest absolute Gasteiger partial charge is 0.384 e. The van der Waals surface area contributed by atoms with Crippen molar-refractivity contribution in [3.63, 3.8) is 0 Å². The average Bonchev–Trinajstić information content (AvgIpc) is 2.99. The first kappa shape index (κ1) is 10.8. The van der Waals surface area contributed by atoms with Crippen LogP contribution in [0.2, 0.25) is 0 Å². The van der Waals surface area contributed by atoms with Crippen molar-refractivity contribution in [2.75, 3.05) is 18.8 Å². The third kappa shape index (κ3) is 2.08. The Morgan fingerprint density at radius 1 is 1.53 bits per heavy atom. The predicted octanol–water partition coefficient (Wildman–Crippen LogP) is 2.12. The molecule has 1 atom stereocenters. The van der Waals surface area contributed by atoms with Crippen molar-refractivity contribution in [2.45, 2.75) is 18.9 Å². The maximum atomic E-state index is 6.05. The van der Waals surface area contributed by atoms with Gasteiger partial charge in [-0.3, -0.25) is 0 Å². The highest BCUT2D eigenvalue weighted by Crippen LogP contribution is 2.26. The van der Waals surface area contributed by atoms with Gasteiger partial charge in [0.25, 0.3) is 0 Å². The standard InChI is InChI=1S/C12H16N4S/c13-12-6-11(9-3-5-17-8-9)15-16(12)10-2-1-4-14-7-10/h3,5-6,8,10,14H,1-2,4,7,13H2/t10-/m0/s1. The summed E-state index contributed by atoms with van der Waals surface area (Å²) < 4.78 is 1.97. The van der Waals surface area contributed by atoms with Crippen LogP contribution in [0.5, 0.6) is 0 Å². The molecule has 0 aliphatic carbocycles. The summed E-state index contributed by atoms with van der Waals surface area (Å²) in [7, 11) is 0. The lowest BCUT2D eigenvalue weighted by molar-refractivity contribution is 0.351. The Hall–Kier alpha value is -1.33. The molecule has 0 aromatic carbocycles. The van der Waals surface area contributed by atoms with Crippen LogP contribution in [-0.4, -0.2) is 22.9 Å². The monoisotopic (exact) mass is 248 g/mol. The summed E-state index contributed by atoms with van der Waals surface area (Å²) in [5.41, 5.74) is 8.19. The first-order chi connectivity index (χ1) is 8.34. The number of hydrogen-bond acceptors (Lipinski definition) is 4. The van der Waals surface area contributed by atoms with E-state index < -0.39 is 0 Å². The van der Waals surface area contributed by atoms with Crippen LogP contribution in [0.1, 0.15) is 18.9 Å². The van der Waals surface area contributed by atoms with Crippen LogP contribution < -0.4 is 11.1 Å². The summed E-state index contributed by atoms with van der Waals surface area (Å²) in [4.78, 5) is 0. The number of nitrogens with zero attached hydrogens (tertiary/aromatic N) is 2. The Bertz CT molecular complexity index is 483. The molecule has 0 amide bonds. The second-order valence-electron chi connectivity index (χ2n) is 4.41. The molecule has 5 heteroatoms. The average molecular weight is 248 g/mol. The van der Waals surface area contributed by atoms with Gasteiger partial charge in [-0.1, -0.05) is 0 Å². The molecule has 1 aliphatic heterocycles. The van der Waals surface area contributed by atoms with Gasteiger partial charge in [-0.05, 0) is 30.8 Å². The SMILES string of the molecule is Nc1cc(-c2ccsc2)nn1[C@H]1CCCNC1. The first-order valence-corrected chi connectivity index (χ1v) is 6.87. The van der Waals surface area contributed by atoms with Gasteiger partial charge in [-0.25, -0.2) is 4.68 Å². The van der Waals surface area contributed by atoms with Gasteiger partial charge in [0, 0.05) is 23.6 Å². The first-order valence-electron chi connectivity index (χ1n) is 5.93. The van der Waals surface area contributed by atoms with Crippen molar-refractivity contribution in [2.24, 2.45) is 0 Å². The van der Waals surface area contributed by atoms with Crippen LogP contribution in [0.4, 0.5) is 5.82 Å². The maximum absolute atomic E-state index is 6.05. The fourth-order valence-corrected chi connectivity index (χ4v) is 2.94. The lowest BCUT2D eigenvalue weighted by Crippen LogP contribution is -2.32. The van der Waals surface area contributed by atoms with Crippen LogP contribution in [0, 0.1) is 0 Å². The minimum Gasteiger partial charge on any atom is -0.384 e. The third-order valence-corrected chi connectivity index (χ3v) is 3.88. The molecule has 3 N–H and O–H groups in total. The van der Waals surface area contributed by atoms with Crippen molar-refractivity contribution >= 4 is 17.2 Å². The molecule has 0 unspecified atom stereocenters. The Morgan fingerprint density at radius 3 is 3.18 bits per heavy atom. The van der Waals surface area contributed by atoms with Gasteiger partial charge in [-0.2, -0.15) is 16.4 Å². The molecule has 3 heterocycles. The zero-order valence-electron chi connectivity index (χ0n) is 9.60. The van der Waals surface area contributed by atoms with Crippen LogP contribution in [0.15, 0.2) is 22.9 Å². The van der Waals surface area contributed by atoms with Crippen LogP contribution in [0.3, 0.4) is 0 Å². The van der Waals surface area contributed by atoms with E-state index >= 15 is 0 Å².